The number of nitrogens with two attached hydrogens (primary N) is 1. The number of aryl methyl sites for hydroxylation is 1. The van der Waals surface area contributed by atoms with Crippen LogP contribution < -0.4 is 10.5 Å². The van der Waals surface area contributed by atoms with Gasteiger partial charge >= 0.3 is 0 Å². The van der Waals surface area contributed by atoms with Gasteiger partial charge in [0.2, 0.25) is 10.0 Å². The van der Waals surface area contributed by atoms with Crippen LogP contribution in [0.15, 0.2) is 53.4 Å². The first kappa shape index (κ1) is 22.4. The number of halogens is 1. The van der Waals surface area contributed by atoms with E-state index in [-0.39, 0.29) is 35.8 Å². The highest BCUT2D eigenvalue weighted by Gasteiger charge is 2.29. The molecular formula is C20H26ClN3O3S. The van der Waals surface area contributed by atoms with Crippen LogP contribution in [0.25, 0.3) is 0 Å². The summed E-state index contributed by atoms with van der Waals surface area (Å²) in [6, 6.07) is 14.2. The SMILES string of the molecule is Cc1ccc(C(=O)N2CCCC2CN)cc1S(=O)(=O)NCc1ccccc1.Cl. The van der Waals surface area contributed by atoms with Gasteiger partial charge in [0.05, 0.1) is 4.90 Å². The van der Waals surface area contributed by atoms with Gasteiger partial charge in [-0.25, -0.2) is 13.1 Å². The highest BCUT2D eigenvalue weighted by Crippen LogP contribution is 2.23. The van der Waals surface area contributed by atoms with Crippen molar-refractivity contribution in [2.75, 3.05) is 13.1 Å². The third-order valence-electron chi connectivity index (χ3n) is 4.94. The Kier molecular flexibility index (Phi) is 7.60. The molecule has 0 saturated carbocycles. The fraction of sp³-hybridized carbons (Fsp3) is 0.350. The lowest BCUT2D eigenvalue weighted by Gasteiger charge is -2.24. The molecule has 1 fully saturated rings. The Morgan fingerprint density at radius 1 is 1.21 bits per heavy atom. The van der Waals surface area contributed by atoms with Gasteiger partial charge in [-0.1, -0.05) is 36.4 Å². The molecule has 1 aliphatic rings. The number of carbonyl (C=O) groups excluding carboxylic acids is 1. The third-order valence-corrected chi connectivity index (χ3v) is 6.49. The molecule has 1 amide bonds. The van der Waals surface area contributed by atoms with Crippen molar-refractivity contribution in [1.29, 1.82) is 0 Å². The molecule has 1 atom stereocenters. The summed E-state index contributed by atoms with van der Waals surface area (Å²) in [5.41, 5.74) is 7.60. The molecule has 3 rings (SSSR count). The Labute approximate surface area is 172 Å². The normalized spacial score (nSPS) is 16.6. The molecular weight excluding hydrogens is 398 g/mol. The van der Waals surface area contributed by atoms with Crippen molar-refractivity contribution in [2.24, 2.45) is 5.73 Å². The zero-order chi connectivity index (χ0) is 19.4. The van der Waals surface area contributed by atoms with Crippen molar-refractivity contribution in [3.63, 3.8) is 0 Å². The first-order chi connectivity index (χ1) is 12.9. The van der Waals surface area contributed by atoms with Crippen LogP contribution in [0.1, 0.15) is 34.3 Å². The van der Waals surface area contributed by atoms with Gasteiger partial charge in [-0.3, -0.25) is 4.79 Å². The topological polar surface area (TPSA) is 92.5 Å². The highest BCUT2D eigenvalue weighted by molar-refractivity contribution is 7.89. The Bertz CT molecular complexity index is 920. The summed E-state index contributed by atoms with van der Waals surface area (Å²) in [7, 11) is -3.73. The maximum Gasteiger partial charge on any atom is 0.254 e. The number of benzene rings is 2. The van der Waals surface area contributed by atoms with Gasteiger partial charge in [0, 0.05) is 31.2 Å². The maximum absolute atomic E-state index is 12.8. The predicted octanol–water partition coefficient (Wildman–Crippen LogP) is 2.46. The number of nitrogens with one attached hydrogen (secondary N) is 1. The molecule has 1 aliphatic heterocycles. The summed E-state index contributed by atoms with van der Waals surface area (Å²) in [5, 5.41) is 0. The van der Waals surface area contributed by atoms with Crippen LogP contribution in [-0.4, -0.2) is 38.4 Å². The van der Waals surface area contributed by atoms with E-state index in [0.717, 1.165) is 18.4 Å². The minimum Gasteiger partial charge on any atom is -0.334 e. The number of likely N-dealkylation sites (tertiary alicyclic amines) is 1. The number of sulfonamides is 1. The number of hydrogen-bond donors (Lipinski definition) is 2. The van der Waals surface area contributed by atoms with Crippen molar-refractivity contribution in [1.82, 2.24) is 9.62 Å². The molecule has 28 heavy (non-hydrogen) atoms. The average Bonchev–Trinajstić information content (AvgIpc) is 3.16. The fourth-order valence-corrected chi connectivity index (χ4v) is 4.67. The van der Waals surface area contributed by atoms with Gasteiger partial charge in [0.25, 0.3) is 5.91 Å². The van der Waals surface area contributed by atoms with E-state index in [9.17, 15) is 13.2 Å². The first-order valence-electron chi connectivity index (χ1n) is 9.07. The van der Waals surface area contributed by atoms with E-state index in [4.69, 9.17) is 5.73 Å². The number of nitrogens with zero attached hydrogens (tertiary/aromatic N) is 1. The quantitative estimate of drug-likeness (QED) is 0.746. The highest BCUT2D eigenvalue weighted by atomic mass is 35.5. The molecule has 0 spiro atoms. The average molecular weight is 424 g/mol. The standard InChI is InChI=1S/C20H25N3O3S.ClH/c1-15-9-10-17(20(24)23-11-5-8-18(23)13-21)12-19(15)27(25,26)22-14-16-6-3-2-4-7-16;/h2-4,6-7,9-10,12,18,22H,5,8,11,13-14,21H2,1H3;1H. The summed E-state index contributed by atoms with van der Waals surface area (Å²) < 4.78 is 28.2. The van der Waals surface area contributed by atoms with Crippen LogP contribution in [0.4, 0.5) is 0 Å². The van der Waals surface area contributed by atoms with E-state index < -0.39 is 10.0 Å². The lowest BCUT2D eigenvalue weighted by Crippen LogP contribution is -2.40. The molecule has 3 N–H and O–H groups in total. The van der Waals surface area contributed by atoms with Gasteiger partial charge in [-0.15, -0.1) is 12.4 Å². The van der Waals surface area contributed by atoms with Gasteiger partial charge < -0.3 is 10.6 Å². The van der Waals surface area contributed by atoms with Gasteiger partial charge in [0.1, 0.15) is 0 Å². The summed E-state index contributed by atoms with van der Waals surface area (Å²) in [6.07, 6.45) is 1.81. The monoisotopic (exact) mass is 423 g/mol. The largest absolute Gasteiger partial charge is 0.334 e. The van der Waals surface area contributed by atoms with E-state index in [1.807, 2.05) is 30.3 Å². The van der Waals surface area contributed by atoms with Gasteiger partial charge in [0.15, 0.2) is 0 Å². The molecule has 8 heteroatoms. The summed E-state index contributed by atoms with van der Waals surface area (Å²) >= 11 is 0. The zero-order valence-electron chi connectivity index (χ0n) is 15.8. The molecule has 152 valence electrons. The second kappa shape index (κ2) is 9.52. The van der Waals surface area contributed by atoms with E-state index in [1.165, 1.54) is 6.07 Å². The lowest BCUT2D eigenvalue weighted by molar-refractivity contribution is 0.0741. The molecule has 1 heterocycles. The molecule has 1 unspecified atom stereocenters. The Balaban J connectivity index is 0.00000280. The van der Waals surface area contributed by atoms with E-state index in [2.05, 4.69) is 4.72 Å². The predicted molar refractivity (Wildman–Crippen MR) is 112 cm³/mol. The van der Waals surface area contributed by atoms with Crippen LogP contribution in [0.3, 0.4) is 0 Å². The molecule has 2 aromatic rings. The molecule has 2 aromatic carbocycles. The van der Waals surface area contributed by atoms with Gasteiger partial charge in [-0.2, -0.15) is 0 Å². The van der Waals surface area contributed by atoms with Crippen molar-refractivity contribution < 1.29 is 13.2 Å². The molecule has 0 aromatic heterocycles. The van der Waals surface area contributed by atoms with E-state index >= 15 is 0 Å². The summed E-state index contributed by atoms with van der Waals surface area (Å²) in [4.78, 5) is 14.7. The fourth-order valence-electron chi connectivity index (χ4n) is 3.39. The summed E-state index contributed by atoms with van der Waals surface area (Å²) in [6.45, 7) is 3.00. The van der Waals surface area contributed by atoms with Gasteiger partial charge in [-0.05, 0) is 43.0 Å². The Morgan fingerprint density at radius 3 is 2.61 bits per heavy atom. The van der Waals surface area contributed by atoms with Crippen molar-refractivity contribution >= 4 is 28.3 Å². The van der Waals surface area contributed by atoms with Crippen LogP contribution in [0.2, 0.25) is 0 Å². The molecule has 0 aliphatic carbocycles. The second-order valence-electron chi connectivity index (χ2n) is 6.82. The first-order valence-corrected chi connectivity index (χ1v) is 10.6. The number of hydrogen-bond acceptors (Lipinski definition) is 4. The van der Waals surface area contributed by atoms with Crippen LogP contribution in [0.5, 0.6) is 0 Å². The molecule has 1 saturated heterocycles. The van der Waals surface area contributed by atoms with E-state index in [0.29, 0.717) is 24.2 Å². The maximum atomic E-state index is 12.8. The Morgan fingerprint density at radius 2 is 1.93 bits per heavy atom. The van der Waals surface area contributed by atoms with Crippen LogP contribution in [-0.2, 0) is 16.6 Å². The van der Waals surface area contributed by atoms with Crippen LogP contribution in [0, 0.1) is 6.92 Å². The molecule has 0 radical (unpaired) electrons. The van der Waals surface area contributed by atoms with Crippen LogP contribution >= 0.6 is 12.4 Å². The van der Waals surface area contributed by atoms with Crippen molar-refractivity contribution in [3.8, 4) is 0 Å². The number of amides is 1. The Hall–Kier alpha value is -1.93. The minimum atomic E-state index is -3.73. The van der Waals surface area contributed by atoms with Crippen molar-refractivity contribution in [2.45, 2.75) is 37.2 Å². The smallest absolute Gasteiger partial charge is 0.254 e. The lowest BCUT2D eigenvalue weighted by atomic mass is 10.1. The molecule has 6 nitrogen and oxygen atoms in total. The van der Waals surface area contributed by atoms with Crippen molar-refractivity contribution in [3.05, 3.63) is 65.2 Å². The number of rotatable bonds is 6. The third kappa shape index (κ3) is 4.91. The second-order valence-corrected chi connectivity index (χ2v) is 8.56. The summed E-state index contributed by atoms with van der Waals surface area (Å²) in [5.74, 6) is -0.164. The van der Waals surface area contributed by atoms with E-state index in [1.54, 1.807) is 24.0 Å². The number of carbonyl (C=O) groups is 1. The minimum absolute atomic E-state index is 0. The zero-order valence-corrected chi connectivity index (χ0v) is 17.4. The molecule has 0 bridgehead atoms.